The topological polar surface area (TPSA) is 62.6 Å². The lowest BCUT2D eigenvalue weighted by Crippen LogP contribution is -2.51. The van der Waals surface area contributed by atoms with Crippen LogP contribution in [0.15, 0.2) is 67.3 Å². The van der Waals surface area contributed by atoms with Crippen LogP contribution in [0.4, 0.5) is 10.5 Å². The summed E-state index contributed by atoms with van der Waals surface area (Å²) in [6.07, 6.45) is 5.42. The van der Waals surface area contributed by atoms with E-state index in [2.05, 4.69) is 21.3 Å². The Bertz CT molecular complexity index is 965. The molecule has 1 aliphatic rings. The molecule has 0 radical (unpaired) electrons. The maximum absolute atomic E-state index is 12.7. The van der Waals surface area contributed by atoms with Gasteiger partial charge in [-0.1, -0.05) is 30.3 Å². The first-order valence-electron chi connectivity index (χ1n) is 10.3. The molecule has 1 saturated heterocycles. The zero-order valence-electron chi connectivity index (χ0n) is 17.2. The van der Waals surface area contributed by atoms with Crippen molar-refractivity contribution >= 4 is 11.7 Å². The van der Waals surface area contributed by atoms with E-state index >= 15 is 0 Å². The number of imidazole rings is 1. The van der Waals surface area contributed by atoms with E-state index < -0.39 is 0 Å². The molecular weight excluding hydrogens is 378 g/mol. The van der Waals surface area contributed by atoms with Gasteiger partial charge in [-0.2, -0.15) is 0 Å². The van der Waals surface area contributed by atoms with Crippen LogP contribution in [0.25, 0.3) is 5.69 Å². The number of urea groups is 1. The van der Waals surface area contributed by atoms with E-state index in [4.69, 9.17) is 4.74 Å². The maximum Gasteiger partial charge on any atom is 0.317 e. The smallest absolute Gasteiger partial charge is 0.317 e. The molecule has 1 N–H and O–H groups in total. The van der Waals surface area contributed by atoms with E-state index in [-0.39, 0.29) is 6.03 Å². The molecule has 7 heteroatoms. The lowest BCUT2D eigenvalue weighted by atomic mass is 10.1. The van der Waals surface area contributed by atoms with E-state index in [1.807, 2.05) is 65.1 Å². The molecule has 0 saturated carbocycles. The van der Waals surface area contributed by atoms with E-state index in [0.29, 0.717) is 26.2 Å². The molecule has 156 valence electrons. The van der Waals surface area contributed by atoms with E-state index in [1.54, 1.807) is 12.5 Å². The van der Waals surface area contributed by atoms with Crippen LogP contribution in [0.1, 0.15) is 12.5 Å². The van der Waals surface area contributed by atoms with Gasteiger partial charge in [-0.05, 0) is 30.7 Å². The van der Waals surface area contributed by atoms with Crippen LogP contribution in [0.3, 0.4) is 0 Å². The highest BCUT2D eigenvalue weighted by atomic mass is 16.5. The van der Waals surface area contributed by atoms with Crippen molar-refractivity contribution in [3.05, 3.63) is 72.8 Å². The summed E-state index contributed by atoms with van der Waals surface area (Å²) in [6, 6.07) is 16.1. The van der Waals surface area contributed by atoms with Gasteiger partial charge in [-0.3, -0.25) is 0 Å². The number of nitrogens with zero attached hydrogens (tertiary/aromatic N) is 4. The number of hydrogen-bond acceptors (Lipinski definition) is 4. The summed E-state index contributed by atoms with van der Waals surface area (Å²) in [5, 5.41) is 3.07. The van der Waals surface area contributed by atoms with Crippen molar-refractivity contribution in [1.29, 1.82) is 0 Å². The summed E-state index contributed by atoms with van der Waals surface area (Å²) in [6.45, 7) is 6.02. The zero-order valence-corrected chi connectivity index (χ0v) is 17.2. The van der Waals surface area contributed by atoms with Gasteiger partial charge < -0.3 is 24.4 Å². The van der Waals surface area contributed by atoms with Crippen LogP contribution in [0.5, 0.6) is 5.75 Å². The number of anilines is 1. The molecule has 1 aromatic heterocycles. The van der Waals surface area contributed by atoms with Gasteiger partial charge in [-0.25, -0.2) is 9.78 Å². The van der Waals surface area contributed by atoms with E-state index in [1.165, 1.54) is 0 Å². The van der Waals surface area contributed by atoms with Gasteiger partial charge in [-0.15, -0.1) is 0 Å². The average Bonchev–Trinajstić information content (AvgIpc) is 3.33. The molecule has 0 aliphatic carbocycles. The fourth-order valence-corrected chi connectivity index (χ4v) is 3.74. The van der Waals surface area contributed by atoms with Gasteiger partial charge in [0.1, 0.15) is 5.75 Å². The molecule has 0 spiro atoms. The predicted octanol–water partition coefficient (Wildman–Crippen LogP) is 3.30. The van der Waals surface area contributed by atoms with Gasteiger partial charge >= 0.3 is 6.03 Å². The van der Waals surface area contributed by atoms with Crippen molar-refractivity contribution in [2.75, 3.05) is 37.7 Å². The molecule has 0 unspecified atom stereocenters. The van der Waals surface area contributed by atoms with Crippen LogP contribution in [0, 0.1) is 0 Å². The third-order valence-corrected chi connectivity index (χ3v) is 5.28. The number of ether oxygens (including phenoxy) is 1. The van der Waals surface area contributed by atoms with Gasteiger partial charge in [0.15, 0.2) is 0 Å². The fourth-order valence-electron chi connectivity index (χ4n) is 3.74. The fraction of sp³-hybridized carbons (Fsp3) is 0.304. The van der Waals surface area contributed by atoms with Crippen LogP contribution >= 0.6 is 0 Å². The summed E-state index contributed by atoms with van der Waals surface area (Å²) < 4.78 is 7.71. The molecular formula is C23H27N5O2. The SMILES string of the molecule is CCOc1ccccc1N1CCN(C(=O)NCc2ccccc2-n2ccnc2)CC1. The quantitative estimate of drug-likeness (QED) is 0.684. The number of benzene rings is 2. The first kappa shape index (κ1) is 19.8. The van der Waals surface area contributed by atoms with Crippen LogP contribution in [-0.2, 0) is 6.54 Å². The Balaban J connectivity index is 1.34. The monoisotopic (exact) mass is 405 g/mol. The summed E-state index contributed by atoms with van der Waals surface area (Å²) in [5.74, 6) is 0.897. The third-order valence-electron chi connectivity index (χ3n) is 5.28. The summed E-state index contributed by atoms with van der Waals surface area (Å²) in [4.78, 5) is 21.0. The Hall–Kier alpha value is -3.48. The number of para-hydroxylation sites is 3. The van der Waals surface area contributed by atoms with Crippen molar-refractivity contribution in [3.8, 4) is 11.4 Å². The number of piperazine rings is 1. The van der Waals surface area contributed by atoms with Crippen molar-refractivity contribution in [2.24, 2.45) is 0 Å². The Kier molecular flexibility index (Phi) is 6.17. The van der Waals surface area contributed by atoms with Gasteiger partial charge in [0, 0.05) is 45.1 Å². The first-order valence-corrected chi connectivity index (χ1v) is 10.3. The minimum Gasteiger partial charge on any atom is -0.492 e. The normalized spacial score (nSPS) is 13.9. The molecule has 7 nitrogen and oxygen atoms in total. The molecule has 2 heterocycles. The molecule has 0 atom stereocenters. The highest BCUT2D eigenvalue weighted by Gasteiger charge is 2.23. The molecule has 0 bridgehead atoms. The second kappa shape index (κ2) is 9.35. The predicted molar refractivity (Wildman–Crippen MR) is 117 cm³/mol. The summed E-state index contributed by atoms with van der Waals surface area (Å²) in [7, 11) is 0. The van der Waals surface area contributed by atoms with E-state index in [9.17, 15) is 4.79 Å². The number of aromatic nitrogens is 2. The Morgan fingerprint density at radius 2 is 1.77 bits per heavy atom. The lowest BCUT2D eigenvalue weighted by molar-refractivity contribution is 0.194. The second-order valence-corrected chi connectivity index (χ2v) is 7.13. The van der Waals surface area contributed by atoms with Crippen molar-refractivity contribution in [3.63, 3.8) is 0 Å². The molecule has 4 rings (SSSR count). The molecule has 2 amide bonds. The number of rotatable bonds is 6. The second-order valence-electron chi connectivity index (χ2n) is 7.13. The maximum atomic E-state index is 12.7. The number of carbonyl (C=O) groups is 1. The van der Waals surface area contributed by atoms with Crippen LogP contribution in [0.2, 0.25) is 0 Å². The standard InChI is InChI=1S/C23H27N5O2/c1-2-30-22-10-6-5-9-21(22)26-13-15-27(16-14-26)23(29)25-17-19-7-3-4-8-20(19)28-12-11-24-18-28/h3-12,18H,2,13-17H2,1H3,(H,25,29). The number of amides is 2. The van der Waals surface area contributed by atoms with Gasteiger partial charge in [0.2, 0.25) is 0 Å². The Labute approximate surface area is 176 Å². The lowest BCUT2D eigenvalue weighted by Gasteiger charge is -2.36. The first-order chi connectivity index (χ1) is 14.8. The van der Waals surface area contributed by atoms with Gasteiger partial charge in [0.25, 0.3) is 0 Å². The molecule has 2 aromatic carbocycles. The molecule has 3 aromatic rings. The molecule has 1 fully saturated rings. The number of nitrogens with one attached hydrogen (secondary N) is 1. The Morgan fingerprint density at radius 1 is 1.03 bits per heavy atom. The Morgan fingerprint density at radius 3 is 2.50 bits per heavy atom. The van der Waals surface area contributed by atoms with Crippen molar-refractivity contribution in [2.45, 2.75) is 13.5 Å². The molecule has 30 heavy (non-hydrogen) atoms. The highest BCUT2D eigenvalue weighted by molar-refractivity contribution is 5.75. The zero-order chi connectivity index (χ0) is 20.8. The highest BCUT2D eigenvalue weighted by Crippen LogP contribution is 2.28. The number of hydrogen-bond donors (Lipinski definition) is 1. The van der Waals surface area contributed by atoms with Crippen LogP contribution in [-0.4, -0.2) is 53.3 Å². The minimum absolute atomic E-state index is 0.0341. The largest absolute Gasteiger partial charge is 0.492 e. The summed E-state index contributed by atoms with van der Waals surface area (Å²) >= 11 is 0. The third kappa shape index (κ3) is 4.40. The summed E-state index contributed by atoms with van der Waals surface area (Å²) in [5.41, 5.74) is 3.16. The number of carbonyl (C=O) groups excluding carboxylic acids is 1. The van der Waals surface area contributed by atoms with Gasteiger partial charge in [0.05, 0.1) is 24.3 Å². The molecule has 1 aliphatic heterocycles. The van der Waals surface area contributed by atoms with Crippen molar-refractivity contribution in [1.82, 2.24) is 19.8 Å². The van der Waals surface area contributed by atoms with Crippen LogP contribution < -0.4 is 15.0 Å². The van der Waals surface area contributed by atoms with Crippen molar-refractivity contribution < 1.29 is 9.53 Å². The minimum atomic E-state index is -0.0341. The average molecular weight is 406 g/mol. The van der Waals surface area contributed by atoms with E-state index in [0.717, 1.165) is 35.8 Å².